The summed E-state index contributed by atoms with van der Waals surface area (Å²) < 4.78 is 27.4. The summed E-state index contributed by atoms with van der Waals surface area (Å²) in [6.45, 7) is 0.850. The van der Waals surface area contributed by atoms with Gasteiger partial charge in [0, 0.05) is 14.0 Å². The first-order chi connectivity index (χ1) is 5.96. The van der Waals surface area contributed by atoms with E-state index in [1.807, 2.05) is 0 Å². The van der Waals surface area contributed by atoms with Gasteiger partial charge < -0.3 is 9.88 Å². The molecule has 0 saturated heterocycles. The Morgan fingerprint density at radius 2 is 2.23 bits per heavy atom. The van der Waals surface area contributed by atoms with Crippen molar-refractivity contribution in [2.24, 2.45) is 7.05 Å². The maximum Gasteiger partial charge on any atom is 0.267 e. The van der Waals surface area contributed by atoms with E-state index in [1.54, 1.807) is 7.05 Å². The molecule has 1 N–H and O–H groups in total. The lowest BCUT2D eigenvalue weighted by atomic mass is 10.1. The highest BCUT2D eigenvalue weighted by Crippen LogP contribution is 2.28. The van der Waals surface area contributed by atoms with Crippen LogP contribution in [-0.2, 0) is 7.05 Å². The summed E-state index contributed by atoms with van der Waals surface area (Å²) in [6.07, 6.45) is 1.39. The molecule has 4 nitrogen and oxygen atoms in total. The van der Waals surface area contributed by atoms with Crippen LogP contribution in [0.5, 0.6) is 0 Å². The largest absolute Gasteiger partial charge is 0.319 e. The Balaban J connectivity index is 2.98. The summed E-state index contributed by atoms with van der Waals surface area (Å²) in [5.41, 5.74) is 0. The Morgan fingerprint density at radius 1 is 1.62 bits per heavy atom. The highest BCUT2D eigenvalue weighted by molar-refractivity contribution is 4.99. The molecule has 6 heteroatoms. The minimum atomic E-state index is -2.85. The van der Waals surface area contributed by atoms with Crippen molar-refractivity contribution in [1.82, 2.24) is 20.1 Å². The van der Waals surface area contributed by atoms with Crippen LogP contribution in [0.3, 0.4) is 0 Å². The van der Waals surface area contributed by atoms with Crippen LogP contribution in [0.2, 0.25) is 0 Å². The topological polar surface area (TPSA) is 42.7 Å². The molecule has 0 spiro atoms. The normalized spacial score (nSPS) is 14.5. The van der Waals surface area contributed by atoms with Crippen molar-refractivity contribution in [3.8, 4) is 0 Å². The molecular weight excluding hydrogens is 178 g/mol. The molecule has 1 heterocycles. The Morgan fingerprint density at radius 3 is 2.54 bits per heavy atom. The minimum absolute atomic E-state index is 0.231. The van der Waals surface area contributed by atoms with E-state index < -0.39 is 12.0 Å². The van der Waals surface area contributed by atoms with Gasteiger partial charge in [0.25, 0.3) is 5.92 Å². The number of rotatable bonds is 3. The average molecular weight is 190 g/mol. The standard InChI is InChI=1S/C7H12F2N4/c1-7(8,9)5(10-2)6-12-11-4-13(6)3/h4-5,10H,1-3H3. The molecule has 1 atom stereocenters. The van der Waals surface area contributed by atoms with Crippen molar-refractivity contribution in [2.75, 3.05) is 7.05 Å². The van der Waals surface area contributed by atoms with E-state index in [9.17, 15) is 8.78 Å². The molecule has 0 amide bonds. The zero-order valence-electron chi connectivity index (χ0n) is 7.75. The van der Waals surface area contributed by atoms with Gasteiger partial charge in [-0.1, -0.05) is 0 Å². The maximum absolute atomic E-state index is 13.0. The molecule has 13 heavy (non-hydrogen) atoms. The molecule has 0 aliphatic carbocycles. The molecular formula is C7H12F2N4. The van der Waals surface area contributed by atoms with Crippen LogP contribution in [0.15, 0.2) is 6.33 Å². The Labute approximate surface area is 75.0 Å². The van der Waals surface area contributed by atoms with Crippen LogP contribution < -0.4 is 5.32 Å². The van der Waals surface area contributed by atoms with Gasteiger partial charge in [-0.25, -0.2) is 8.78 Å². The van der Waals surface area contributed by atoms with E-state index in [0.717, 1.165) is 6.92 Å². The monoisotopic (exact) mass is 190 g/mol. The summed E-state index contributed by atoms with van der Waals surface area (Å²) in [5, 5.41) is 9.68. The smallest absolute Gasteiger partial charge is 0.267 e. The van der Waals surface area contributed by atoms with Crippen molar-refractivity contribution in [2.45, 2.75) is 18.9 Å². The summed E-state index contributed by atoms with van der Waals surface area (Å²) in [4.78, 5) is 0. The predicted octanol–water partition coefficient (Wildman–Crippen LogP) is 0.731. The third-order valence-corrected chi connectivity index (χ3v) is 1.80. The summed E-state index contributed by atoms with van der Waals surface area (Å²) in [7, 11) is 3.10. The third-order valence-electron chi connectivity index (χ3n) is 1.80. The number of aromatic nitrogens is 3. The second kappa shape index (κ2) is 3.37. The van der Waals surface area contributed by atoms with Crippen LogP contribution in [-0.4, -0.2) is 27.7 Å². The Bertz CT molecular complexity index is 278. The van der Waals surface area contributed by atoms with Gasteiger partial charge in [0.2, 0.25) is 0 Å². The molecule has 0 radical (unpaired) electrons. The van der Waals surface area contributed by atoms with Crippen molar-refractivity contribution in [3.63, 3.8) is 0 Å². The number of aryl methyl sites for hydroxylation is 1. The molecule has 74 valence electrons. The Hall–Kier alpha value is -1.04. The lowest BCUT2D eigenvalue weighted by Crippen LogP contribution is -2.34. The highest BCUT2D eigenvalue weighted by Gasteiger charge is 2.37. The first-order valence-electron chi connectivity index (χ1n) is 3.85. The molecule has 0 fully saturated rings. The van der Waals surface area contributed by atoms with Gasteiger partial charge >= 0.3 is 0 Å². The number of alkyl halides is 2. The third kappa shape index (κ3) is 2.00. The molecule has 0 aliphatic rings. The van der Waals surface area contributed by atoms with Gasteiger partial charge in [0.1, 0.15) is 12.4 Å². The fraction of sp³-hybridized carbons (Fsp3) is 0.714. The quantitative estimate of drug-likeness (QED) is 0.764. The highest BCUT2D eigenvalue weighted by atomic mass is 19.3. The van der Waals surface area contributed by atoms with Gasteiger partial charge in [-0.15, -0.1) is 10.2 Å². The van der Waals surface area contributed by atoms with E-state index in [1.165, 1.54) is 17.9 Å². The van der Waals surface area contributed by atoms with Gasteiger partial charge in [0.05, 0.1) is 0 Å². The average Bonchev–Trinajstić information content (AvgIpc) is 2.35. The number of nitrogens with one attached hydrogen (secondary N) is 1. The molecule has 1 aromatic rings. The summed E-state index contributed by atoms with van der Waals surface area (Å²) >= 11 is 0. The van der Waals surface area contributed by atoms with E-state index in [4.69, 9.17) is 0 Å². The van der Waals surface area contributed by atoms with Gasteiger partial charge in [-0.05, 0) is 7.05 Å². The minimum Gasteiger partial charge on any atom is -0.319 e. The molecule has 0 saturated carbocycles. The maximum atomic E-state index is 13.0. The second-order valence-corrected chi connectivity index (χ2v) is 2.98. The Kier molecular flexibility index (Phi) is 2.60. The van der Waals surface area contributed by atoms with Gasteiger partial charge in [-0.2, -0.15) is 0 Å². The molecule has 0 bridgehead atoms. The zero-order chi connectivity index (χ0) is 10.1. The van der Waals surface area contributed by atoms with Crippen LogP contribution in [0.25, 0.3) is 0 Å². The van der Waals surface area contributed by atoms with E-state index in [0.29, 0.717) is 0 Å². The fourth-order valence-corrected chi connectivity index (χ4v) is 1.16. The predicted molar refractivity (Wildman–Crippen MR) is 43.4 cm³/mol. The summed E-state index contributed by atoms with van der Waals surface area (Å²) in [5.74, 6) is -2.62. The van der Waals surface area contributed by atoms with E-state index in [-0.39, 0.29) is 5.82 Å². The van der Waals surface area contributed by atoms with Crippen LogP contribution in [0, 0.1) is 0 Å². The zero-order valence-corrected chi connectivity index (χ0v) is 7.75. The van der Waals surface area contributed by atoms with E-state index >= 15 is 0 Å². The first kappa shape index (κ1) is 10.0. The number of hydrogen-bond acceptors (Lipinski definition) is 3. The summed E-state index contributed by atoms with van der Waals surface area (Å²) in [6, 6.07) is -1.10. The lowest BCUT2D eigenvalue weighted by molar-refractivity contribution is -0.0207. The van der Waals surface area contributed by atoms with Crippen LogP contribution in [0.1, 0.15) is 18.8 Å². The molecule has 0 aliphatic heterocycles. The van der Waals surface area contributed by atoms with Gasteiger partial charge in [0.15, 0.2) is 5.82 Å². The molecule has 1 unspecified atom stereocenters. The van der Waals surface area contributed by atoms with Crippen molar-refractivity contribution in [3.05, 3.63) is 12.2 Å². The lowest BCUT2D eigenvalue weighted by Gasteiger charge is -2.21. The SMILES string of the molecule is CNC(c1nncn1C)C(C)(F)F. The molecule has 1 aromatic heterocycles. The first-order valence-corrected chi connectivity index (χ1v) is 3.85. The van der Waals surface area contributed by atoms with Crippen molar-refractivity contribution < 1.29 is 8.78 Å². The molecule has 1 rings (SSSR count). The molecule has 0 aromatic carbocycles. The van der Waals surface area contributed by atoms with E-state index in [2.05, 4.69) is 15.5 Å². The number of hydrogen-bond donors (Lipinski definition) is 1. The number of halogens is 2. The number of nitrogens with zero attached hydrogens (tertiary/aromatic N) is 3. The van der Waals surface area contributed by atoms with Crippen molar-refractivity contribution in [1.29, 1.82) is 0 Å². The van der Waals surface area contributed by atoms with Gasteiger partial charge in [-0.3, -0.25) is 0 Å². The second-order valence-electron chi connectivity index (χ2n) is 2.98. The van der Waals surface area contributed by atoms with Crippen LogP contribution >= 0.6 is 0 Å². The van der Waals surface area contributed by atoms with Crippen LogP contribution in [0.4, 0.5) is 8.78 Å². The fourth-order valence-electron chi connectivity index (χ4n) is 1.16. The van der Waals surface area contributed by atoms with Crippen molar-refractivity contribution >= 4 is 0 Å².